The van der Waals surface area contributed by atoms with E-state index in [4.69, 9.17) is 14.5 Å². The zero-order valence-electron chi connectivity index (χ0n) is 19.7. The van der Waals surface area contributed by atoms with E-state index in [9.17, 15) is 0 Å². The maximum absolute atomic E-state index is 6.23. The molecule has 2 heterocycles. The summed E-state index contributed by atoms with van der Waals surface area (Å²) in [6, 6.07) is 7.01. The van der Waals surface area contributed by atoms with E-state index in [1.807, 2.05) is 0 Å². The summed E-state index contributed by atoms with van der Waals surface area (Å²) in [6.07, 6.45) is 3.67. The average Bonchev–Trinajstić information content (AvgIpc) is 3.24. The van der Waals surface area contributed by atoms with Crippen LogP contribution in [0.4, 0.5) is 0 Å². The van der Waals surface area contributed by atoms with Gasteiger partial charge in [-0.15, -0.1) is 24.0 Å². The SMILES string of the molecule is CCNC(=NCc1ccc(C)cc1OC1CCOC1)NCC1CCCN(C(C)C)C1.I. The van der Waals surface area contributed by atoms with E-state index in [1.54, 1.807) is 0 Å². The van der Waals surface area contributed by atoms with E-state index in [0.29, 0.717) is 25.1 Å². The lowest BCUT2D eigenvalue weighted by atomic mass is 9.97. The van der Waals surface area contributed by atoms with Crippen molar-refractivity contribution in [3.05, 3.63) is 29.3 Å². The second-order valence-corrected chi connectivity index (χ2v) is 8.89. The molecule has 3 rings (SSSR count). The summed E-state index contributed by atoms with van der Waals surface area (Å²) in [5, 5.41) is 6.97. The standard InChI is InChI=1S/C24H40N4O2.HI/c1-5-25-24(26-14-20-7-6-11-28(16-20)18(2)3)27-15-21-9-8-19(4)13-23(21)30-22-10-12-29-17-22;/h8-9,13,18,20,22H,5-7,10-12,14-17H2,1-4H3,(H2,25,26,27);1H. The predicted octanol–water partition coefficient (Wildman–Crippen LogP) is 3.96. The second-order valence-electron chi connectivity index (χ2n) is 8.89. The molecular weight excluding hydrogens is 503 g/mol. The zero-order valence-corrected chi connectivity index (χ0v) is 22.0. The quantitative estimate of drug-likeness (QED) is 0.295. The summed E-state index contributed by atoms with van der Waals surface area (Å²) in [5.74, 6) is 2.49. The molecule has 0 amide bonds. The van der Waals surface area contributed by atoms with Crippen molar-refractivity contribution in [3.63, 3.8) is 0 Å². The Hall–Kier alpha value is -1.06. The molecular formula is C24H41IN4O2. The predicted molar refractivity (Wildman–Crippen MR) is 139 cm³/mol. The number of nitrogens with one attached hydrogen (secondary N) is 2. The molecule has 2 saturated heterocycles. The van der Waals surface area contributed by atoms with Crippen molar-refractivity contribution in [1.82, 2.24) is 15.5 Å². The number of hydrogen-bond donors (Lipinski definition) is 2. The lowest BCUT2D eigenvalue weighted by Crippen LogP contribution is -2.46. The van der Waals surface area contributed by atoms with E-state index in [-0.39, 0.29) is 30.1 Å². The number of guanidine groups is 1. The molecule has 0 spiro atoms. The van der Waals surface area contributed by atoms with E-state index < -0.39 is 0 Å². The van der Waals surface area contributed by atoms with Gasteiger partial charge in [-0.25, -0.2) is 4.99 Å². The van der Waals surface area contributed by atoms with Crippen molar-refractivity contribution in [3.8, 4) is 5.75 Å². The number of nitrogens with zero attached hydrogens (tertiary/aromatic N) is 2. The van der Waals surface area contributed by atoms with Crippen LogP contribution >= 0.6 is 24.0 Å². The third-order valence-electron chi connectivity index (χ3n) is 5.99. The van der Waals surface area contributed by atoms with Gasteiger partial charge in [0, 0.05) is 37.7 Å². The van der Waals surface area contributed by atoms with Crippen molar-refractivity contribution in [2.45, 2.75) is 65.6 Å². The van der Waals surface area contributed by atoms with E-state index in [1.165, 1.54) is 31.5 Å². The Morgan fingerprint density at radius 3 is 2.84 bits per heavy atom. The van der Waals surface area contributed by atoms with Gasteiger partial charge in [0.15, 0.2) is 5.96 Å². The van der Waals surface area contributed by atoms with Crippen LogP contribution in [0.25, 0.3) is 0 Å². The highest BCUT2D eigenvalue weighted by atomic mass is 127. The molecule has 2 aliphatic rings. The molecule has 176 valence electrons. The fraction of sp³-hybridized carbons (Fsp3) is 0.708. The second kappa shape index (κ2) is 13.5. The highest BCUT2D eigenvalue weighted by Crippen LogP contribution is 2.24. The summed E-state index contributed by atoms with van der Waals surface area (Å²) in [5.41, 5.74) is 2.32. The maximum atomic E-state index is 6.23. The number of aryl methyl sites for hydroxylation is 1. The molecule has 2 aliphatic heterocycles. The van der Waals surface area contributed by atoms with Gasteiger partial charge in [0.2, 0.25) is 0 Å². The molecule has 0 radical (unpaired) electrons. The first kappa shape index (κ1) is 26.2. The Bertz CT molecular complexity index is 692. The fourth-order valence-corrected chi connectivity index (χ4v) is 4.17. The molecule has 1 aromatic rings. The molecule has 6 nitrogen and oxygen atoms in total. The molecule has 0 bridgehead atoms. The van der Waals surface area contributed by atoms with Gasteiger partial charge < -0.3 is 25.0 Å². The van der Waals surface area contributed by atoms with Crippen LogP contribution < -0.4 is 15.4 Å². The van der Waals surface area contributed by atoms with Crippen molar-refractivity contribution in [2.75, 3.05) is 39.4 Å². The molecule has 2 atom stereocenters. The minimum absolute atomic E-state index is 0. The van der Waals surface area contributed by atoms with Crippen molar-refractivity contribution in [2.24, 2.45) is 10.9 Å². The number of rotatable bonds is 8. The van der Waals surface area contributed by atoms with Crippen LogP contribution in [0.15, 0.2) is 23.2 Å². The number of aliphatic imine (C=N–C) groups is 1. The first-order valence-electron chi connectivity index (χ1n) is 11.6. The van der Waals surface area contributed by atoms with Crippen LogP contribution in [-0.4, -0.2) is 62.4 Å². The van der Waals surface area contributed by atoms with Gasteiger partial charge in [0.05, 0.1) is 19.8 Å². The largest absolute Gasteiger partial charge is 0.488 e. The van der Waals surface area contributed by atoms with Gasteiger partial charge >= 0.3 is 0 Å². The first-order valence-corrected chi connectivity index (χ1v) is 11.6. The van der Waals surface area contributed by atoms with E-state index >= 15 is 0 Å². The van der Waals surface area contributed by atoms with Crippen LogP contribution in [-0.2, 0) is 11.3 Å². The van der Waals surface area contributed by atoms with Crippen LogP contribution in [0.3, 0.4) is 0 Å². The highest BCUT2D eigenvalue weighted by molar-refractivity contribution is 14.0. The highest BCUT2D eigenvalue weighted by Gasteiger charge is 2.22. The number of hydrogen-bond acceptors (Lipinski definition) is 4. The summed E-state index contributed by atoms with van der Waals surface area (Å²) >= 11 is 0. The van der Waals surface area contributed by atoms with Gasteiger partial charge in [-0.1, -0.05) is 12.1 Å². The number of likely N-dealkylation sites (tertiary alicyclic amines) is 1. The van der Waals surface area contributed by atoms with E-state index in [2.05, 4.69) is 61.4 Å². The summed E-state index contributed by atoms with van der Waals surface area (Å²) in [6.45, 7) is 15.1. The Balaban J connectivity index is 0.00000341. The number of halogens is 1. The van der Waals surface area contributed by atoms with Crippen LogP contribution in [0.2, 0.25) is 0 Å². The van der Waals surface area contributed by atoms with E-state index in [0.717, 1.165) is 43.4 Å². The Morgan fingerprint density at radius 2 is 2.13 bits per heavy atom. The monoisotopic (exact) mass is 544 g/mol. The third kappa shape index (κ3) is 8.42. The van der Waals surface area contributed by atoms with Gasteiger partial charge in [-0.3, -0.25) is 0 Å². The van der Waals surface area contributed by atoms with Gasteiger partial charge in [-0.05, 0) is 64.6 Å². The summed E-state index contributed by atoms with van der Waals surface area (Å²) in [4.78, 5) is 7.44. The Morgan fingerprint density at radius 1 is 1.29 bits per heavy atom. The minimum atomic E-state index is 0. The van der Waals surface area contributed by atoms with Crippen molar-refractivity contribution >= 4 is 29.9 Å². The molecule has 2 unspecified atom stereocenters. The van der Waals surface area contributed by atoms with Gasteiger partial charge in [0.1, 0.15) is 11.9 Å². The first-order chi connectivity index (χ1) is 14.5. The molecule has 2 N–H and O–H groups in total. The number of piperidine rings is 1. The molecule has 7 heteroatoms. The lowest BCUT2D eigenvalue weighted by molar-refractivity contribution is 0.140. The van der Waals surface area contributed by atoms with Gasteiger partial charge in [-0.2, -0.15) is 0 Å². The molecule has 0 saturated carbocycles. The van der Waals surface area contributed by atoms with Crippen molar-refractivity contribution < 1.29 is 9.47 Å². The number of benzene rings is 1. The average molecular weight is 545 g/mol. The zero-order chi connectivity index (χ0) is 21.3. The maximum Gasteiger partial charge on any atom is 0.191 e. The van der Waals surface area contributed by atoms with Crippen LogP contribution in [0, 0.1) is 12.8 Å². The molecule has 1 aromatic carbocycles. The minimum Gasteiger partial charge on any atom is -0.488 e. The van der Waals surface area contributed by atoms with Crippen molar-refractivity contribution in [1.29, 1.82) is 0 Å². The van der Waals surface area contributed by atoms with Gasteiger partial charge in [0.25, 0.3) is 0 Å². The topological polar surface area (TPSA) is 58.1 Å². The fourth-order valence-electron chi connectivity index (χ4n) is 4.17. The summed E-state index contributed by atoms with van der Waals surface area (Å²) in [7, 11) is 0. The summed E-state index contributed by atoms with van der Waals surface area (Å²) < 4.78 is 11.7. The van der Waals surface area contributed by atoms with Crippen LogP contribution in [0.1, 0.15) is 51.2 Å². The molecule has 0 aromatic heterocycles. The number of ether oxygens (including phenoxy) is 2. The Labute approximate surface area is 205 Å². The smallest absolute Gasteiger partial charge is 0.191 e. The van der Waals surface area contributed by atoms with Crippen LogP contribution in [0.5, 0.6) is 5.75 Å². The molecule has 2 fully saturated rings. The molecule has 31 heavy (non-hydrogen) atoms. The lowest BCUT2D eigenvalue weighted by Gasteiger charge is -2.35. The Kier molecular flexibility index (Phi) is 11.4. The molecule has 0 aliphatic carbocycles. The normalized spacial score (nSPS) is 22.3. The third-order valence-corrected chi connectivity index (χ3v) is 5.99.